The second-order valence-electron chi connectivity index (χ2n) is 27.3. The summed E-state index contributed by atoms with van der Waals surface area (Å²) in [6.07, 6.45) is 1.77. The minimum atomic E-state index is -1.16. The summed E-state index contributed by atoms with van der Waals surface area (Å²) in [5.74, 6) is 0.268. The number of ether oxygens (including phenoxy) is 16. The number of esters is 4. The molecule has 7 aromatic carbocycles. The zero-order valence-electron chi connectivity index (χ0n) is 66.7. The number of hydrogen-bond acceptors (Lipinski definition) is 24. The van der Waals surface area contributed by atoms with Crippen molar-refractivity contribution >= 4 is 41.4 Å². The quantitative estimate of drug-likeness (QED) is 0.0150. The van der Waals surface area contributed by atoms with Gasteiger partial charge in [0.2, 0.25) is 23.3 Å². The predicted octanol–water partition coefficient (Wildman–Crippen LogP) is 14.6. The maximum Gasteiger partial charge on any atom is 0.344 e. The molecule has 9 rings (SSSR count). The Morgan fingerprint density at radius 2 is 0.823 bits per heavy atom. The van der Waals surface area contributed by atoms with Gasteiger partial charge in [-0.1, -0.05) is 56.3 Å². The summed E-state index contributed by atoms with van der Waals surface area (Å²) in [7, 11) is 15.2. The number of piperidine rings is 2. The fraction of sp³-hybridized carbons (Fsp3) is 0.442. The Balaban J connectivity index is 0.845. The van der Waals surface area contributed by atoms with Crippen LogP contribution in [0, 0.1) is 10.1 Å². The number of benzene rings is 7. The lowest BCUT2D eigenvalue weighted by molar-refractivity contribution is -0.386. The van der Waals surface area contributed by atoms with Crippen molar-refractivity contribution in [3.63, 3.8) is 0 Å². The van der Waals surface area contributed by atoms with Crippen LogP contribution in [0.1, 0.15) is 173 Å². The van der Waals surface area contributed by atoms with Crippen LogP contribution in [0.2, 0.25) is 0 Å². The van der Waals surface area contributed by atoms with Gasteiger partial charge in [0.15, 0.2) is 59.2 Å². The molecule has 0 saturated carbocycles. The summed E-state index contributed by atoms with van der Waals surface area (Å²) in [5.41, 5.74) is 3.98. The zero-order valence-corrected chi connectivity index (χ0v) is 66.7. The van der Waals surface area contributed by atoms with Crippen LogP contribution < -0.4 is 56.8 Å². The van der Waals surface area contributed by atoms with Crippen molar-refractivity contribution in [2.75, 3.05) is 97.4 Å². The van der Waals surface area contributed by atoms with E-state index in [-0.39, 0.29) is 47.3 Å². The van der Waals surface area contributed by atoms with E-state index in [4.69, 9.17) is 75.8 Å². The molecule has 2 amide bonds. The average Bonchev–Trinajstić information content (AvgIpc) is 0.790. The first kappa shape index (κ1) is 85.4. The minimum Gasteiger partial charge on any atom is -0.493 e. The largest absolute Gasteiger partial charge is 0.493 e. The number of nitrogens with zero attached hydrogens (tertiary/aromatic N) is 3. The maximum atomic E-state index is 14.7. The number of likely N-dealkylation sites (tertiary alicyclic amines) is 2. The third-order valence-electron chi connectivity index (χ3n) is 20.5. The number of hydrogen-bond donors (Lipinski definition) is 0. The fourth-order valence-electron chi connectivity index (χ4n) is 14.5. The standard InChI is InChI=1S/C86H103N3O24/c1-15-63(59-46-75(102-9)81(106-13)76(47-59)103-10)83(92)87-39-19-17-27-66(87)85(94)112-69(35-29-54-31-37-71(98-5)73(41-54)100-7)57-23-21-25-61(43-57)108-50-79(90)110-52(3)56-33-34-65(68(45-56)89(96)97)53(4)111-80(91)51-109-62-26-22-24-58(44-62)70(36-30-55-32-38-72(99-6)74(42-55)101-8)113-86(95)67-28-18-20-40-88(67)84(93)64(16-2)60-48-77(104-11)82(107-14)78(49-60)105-12/h21-26,31-34,37-38,41-49,52-53,63-64,66-67,69-70H,15-20,27-30,35-36,39-40,50-51H2,1-14H3/t52?,53?,63-,64-,66?,67?,69+,70+/m0/s1. The van der Waals surface area contributed by atoms with Gasteiger partial charge in [0.1, 0.15) is 48.0 Å². The van der Waals surface area contributed by atoms with E-state index >= 15 is 0 Å². The number of carbonyl (C=O) groups is 6. The van der Waals surface area contributed by atoms with Crippen LogP contribution in [0.15, 0.2) is 127 Å². The molecule has 0 spiro atoms. The first-order valence-electron chi connectivity index (χ1n) is 37.8. The van der Waals surface area contributed by atoms with Gasteiger partial charge in [-0.2, -0.15) is 0 Å². The lowest BCUT2D eigenvalue weighted by Gasteiger charge is -2.37. The van der Waals surface area contributed by atoms with Gasteiger partial charge in [0.25, 0.3) is 5.69 Å². The number of amides is 2. The Labute approximate surface area is 659 Å². The van der Waals surface area contributed by atoms with Gasteiger partial charge in [-0.05, 0) is 209 Å². The van der Waals surface area contributed by atoms with Gasteiger partial charge in [-0.15, -0.1) is 0 Å². The molecule has 2 heterocycles. The molecule has 113 heavy (non-hydrogen) atoms. The van der Waals surface area contributed by atoms with Crippen LogP contribution in [-0.2, 0) is 60.6 Å². The monoisotopic (exact) mass is 1560 g/mol. The molecule has 0 N–H and O–H groups in total. The van der Waals surface area contributed by atoms with E-state index < -0.39 is 96.0 Å². The smallest absolute Gasteiger partial charge is 0.344 e. The summed E-state index contributed by atoms with van der Waals surface area (Å²) < 4.78 is 92.2. The van der Waals surface area contributed by atoms with Crippen molar-refractivity contribution in [1.29, 1.82) is 0 Å². The Morgan fingerprint density at radius 3 is 1.19 bits per heavy atom. The van der Waals surface area contributed by atoms with Gasteiger partial charge >= 0.3 is 23.9 Å². The number of nitro benzene ring substituents is 1. The van der Waals surface area contributed by atoms with E-state index in [0.717, 1.165) is 11.1 Å². The molecule has 2 saturated heterocycles. The molecule has 2 aliphatic heterocycles. The highest BCUT2D eigenvalue weighted by molar-refractivity contribution is 5.90. The van der Waals surface area contributed by atoms with Gasteiger partial charge in [-0.3, -0.25) is 19.7 Å². The number of nitro groups is 1. The van der Waals surface area contributed by atoms with E-state index in [1.165, 1.54) is 74.9 Å². The molecule has 27 heteroatoms. The minimum absolute atomic E-state index is 0.0505. The Morgan fingerprint density at radius 1 is 0.425 bits per heavy atom. The number of carbonyl (C=O) groups excluding carboxylic acids is 6. The van der Waals surface area contributed by atoms with E-state index in [9.17, 15) is 38.9 Å². The average molecular weight is 1560 g/mol. The van der Waals surface area contributed by atoms with Crippen LogP contribution in [0.4, 0.5) is 5.69 Å². The van der Waals surface area contributed by atoms with Crippen molar-refractivity contribution in [3.8, 4) is 69.0 Å². The maximum absolute atomic E-state index is 14.7. The third-order valence-corrected chi connectivity index (χ3v) is 20.5. The summed E-state index contributed by atoms with van der Waals surface area (Å²) >= 11 is 0. The van der Waals surface area contributed by atoms with Crippen LogP contribution in [0.25, 0.3) is 0 Å². The van der Waals surface area contributed by atoms with Crippen molar-refractivity contribution in [2.45, 2.75) is 153 Å². The topological polar surface area (TPSA) is 300 Å². The second-order valence-corrected chi connectivity index (χ2v) is 27.3. The molecule has 8 atom stereocenters. The molecule has 0 radical (unpaired) electrons. The Bertz CT molecular complexity index is 4400. The number of rotatable bonds is 39. The van der Waals surface area contributed by atoms with Crippen molar-refractivity contribution < 1.29 is 109 Å². The zero-order chi connectivity index (χ0) is 81.4. The molecule has 0 aromatic heterocycles. The van der Waals surface area contributed by atoms with Crippen LogP contribution in [-0.4, -0.2) is 160 Å². The molecule has 2 aliphatic rings. The summed E-state index contributed by atoms with van der Waals surface area (Å²) in [6, 6.07) is 33.9. The van der Waals surface area contributed by atoms with Gasteiger partial charge in [-0.25, -0.2) is 19.2 Å². The van der Waals surface area contributed by atoms with Crippen LogP contribution in [0.3, 0.4) is 0 Å². The highest BCUT2D eigenvalue weighted by Crippen LogP contribution is 2.45. The van der Waals surface area contributed by atoms with Gasteiger partial charge in [0.05, 0.1) is 93.4 Å². The summed E-state index contributed by atoms with van der Waals surface area (Å²) in [4.78, 5) is 101. The van der Waals surface area contributed by atoms with Crippen molar-refractivity contribution in [1.82, 2.24) is 9.80 Å². The molecular formula is C86H103N3O24. The molecule has 2 fully saturated rings. The lowest BCUT2D eigenvalue weighted by Crippen LogP contribution is -2.50. The number of aryl methyl sites for hydroxylation is 2. The highest BCUT2D eigenvalue weighted by Gasteiger charge is 2.41. The molecular weight excluding hydrogens is 1460 g/mol. The predicted molar refractivity (Wildman–Crippen MR) is 416 cm³/mol. The van der Waals surface area contributed by atoms with Gasteiger partial charge in [0, 0.05) is 19.2 Å². The fourth-order valence-corrected chi connectivity index (χ4v) is 14.5. The molecule has 4 unspecified atom stereocenters. The van der Waals surface area contributed by atoms with E-state index in [0.29, 0.717) is 157 Å². The van der Waals surface area contributed by atoms with E-state index in [1.807, 2.05) is 38.1 Å². The van der Waals surface area contributed by atoms with Crippen LogP contribution >= 0.6 is 0 Å². The first-order chi connectivity index (χ1) is 54.6. The lowest BCUT2D eigenvalue weighted by atomic mass is 9.91. The summed E-state index contributed by atoms with van der Waals surface area (Å²) in [6.45, 7) is 6.29. The van der Waals surface area contributed by atoms with Crippen molar-refractivity contribution in [3.05, 3.63) is 182 Å². The molecule has 7 aromatic rings. The van der Waals surface area contributed by atoms with Crippen molar-refractivity contribution in [2.24, 2.45) is 0 Å². The van der Waals surface area contributed by atoms with E-state index in [1.54, 1.807) is 123 Å². The molecule has 0 bridgehead atoms. The second kappa shape index (κ2) is 41.0. The third kappa shape index (κ3) is 21.3. The Hall–Kier alpha value is -11.6. The summed E-state index contributed by atoms with van der Waals surface area (Å²) in [5, 5.41) is 12.7. The molecule has 606 valence electrons. The molecule has 0 aliphatic carbocycles. The number of methoxy groups -OCH3 is 10. The molecule has 27 nitrogen and oxygen atoms in total. The van der Waals surface area contributed by atoms with Crippen LogP contribution in [0.5, 0.6) is 69.0 Å². The first-order valence-corrected chi connectivity index (χ1v) is 37.8. The Kier molecular flexibility index (Phi) is 31.0. The van der Waals surface area contributed by atoms with E-state index in [2.05, 4.69) is 0 Å². The SMILES string of the molecule is CC[C@H](C(=O)N1CCCCC1C(=O)O[C@H](CCc1ccc(OC)c(OC)c1)c1cccc(OCC(=O)OC(C)c2ccc(C(C)OC(=O)COc3cccc([C@@H](CCc4ccc(OC)c(OC)c4)OC(=O)C4CCCCN4C(=O)[C@@H](CC)c4cc(OC)c(OC)c(OC)c4)c3)c([N+](=O)[O-])c2)c1)c1cc(OC)c(OC)c(OC)c1. The normalized spacial score (nSPS) is 15.6. The highest BCUT2D eigenvalue weighted by atomic mass is 16.6. The van der Waals surface area contributed by atoms with Gasteiger partial charge < -0.3 is 85.6 Å².